The van der Waals surface area contributed by atoms with Crippen LogP contribution < -0.4 is 16.4 Å². The van der Waals surface area contributed by atoms with Crippen molar-refractivity contribution < 1.29 is 13.2 Å². The Morgan fingerprint density at radius 1 is 0.864 bits per heavy atom. The van der Waals surface area contributed by atoms with Crippen molar-refractivity contribution in [3.8, 4) is 0 Å². The lowest BCUT2D eigenvalue weighted by atomic mass is 10.0. The summed E-state index contributed by atoms with van der Waals surface area (Å²) in [6.45, 7) is 5.44. The summed E-state index contributed by atoms with van der Waals surface area (Å²) in [5.41, 5.74) is 11.4. The van der Waals surface area contributed by atoms with Gasteiger partial charge in [-0.15, -0.1) is 0 Å². The molecular weight excluding hydrogens is 570 g/mol. The molecule has 230 valence electrons. The van der Waals surface area contributed by atoms with E-state index in [4.69, 9.17) is 5.73 Å². The van der Waals surface area contributed by atoms with Gasteiger partial charge in [0.05, 0.1) is 21.5 Å². The lowest BCUT2D eigenvalue weighted by Gasteiger charge is -2.34. The number of likely N-dealkylation sites (tertiary alicyclic amines) is 1. The number of piperidine rings is 1. The Bertz CT molecular complexity index is 1620. The van der Waals surface area contributed by atoms with E-state index in [1.807, 2.05) is 35.4 Å². The maximum atomic E-state index is 13.1. The summed E-state index contributed by atoms with van der Waals surface area (Å²) < 4.78 is 26.1. The third kappa shape index (κ3) is 8.18. The fraction of sp³-hybridized carbons (Fsp3) is 0.314. The second-order valence-electron chi connectivity index (χ2n) is 11.4. The van der Waals surface area contributed by atoms with E-state index in [-0.39, 0.29) is 10.8 Å². The molecule has 8 nitrogen and oxygen atoms in total. The second-order valence-corrected chi connectivity index (χ2v) is 13.4. The zero-order valence-electron chi connectivity index (χ0n) is 25.2. The van der Waals surface area contributed by atoms with Gasteiger partial charge >= 0.3 is 0 Å². The molecule has 0 bridgehead atoms. The molecule has 0 saturated carbocycles. The minimum absolute atomic E-state index is 0.0627. The molecule has 1 aliphatic heterocycles. The predicted molar refractivity (Wildman–Crippen MR) is 172 cm³/mol. The molecule has 0 aliphatic carbocycles. The SMILES string of the molecule is Cc1ccccc1S(=O)(=O)c1ccc(CC(N)C(=O)N2CCC(NCc3ccc(CNCc4ccccn4)cc3)CC2)cc1. The number of carbonyl (C=O) groups is 1. The third-order valence-corrected chi connectivity index (χ3v) is 10.1. The molecule has 9 heteroatoms. The van der Waals surface area contributed by atoms with Crippen LogP contribution in [0.4, 0.5) is 0 Å². The van der Waals surface area contributed by atoms with Crippen molar-refractivity contribution in [2.24, 2.45) is 5.73 Å². The number of sulfone groups is 1. The Hall–Kier alpha value is -3.89. The predicted octanol–water partition coefficient (Wildman–Crippen LogP) is 4.16. The normalized spacial score (nSPS) is 14.8. The summed E-state index contributed by atoms with van der Waals surface area (Å²) in [5, 5.41) is 7.07. The van der Waals surface area contributed by atoms with Gasteiger partial charge in [-0.3, -0.25) is 9.78 Å². The van der Waals surface area contributed by atoms with E-state index in [2.05, 4.69) is 39.9 Å². The van der Waals surface area contributed by atoms with Gasteiger partial charge in [0.15, 0.2) is 0 Å². The minimum atomic E-state index is -3.61. The summed E-state index contributed by atoms with van der Waals surface area (Å²) in [5.74, 6) is -0.0627. The molecule has 1 aromatic heterocycles. The quantitative estimate of drug-likeness (QED) is 0.220. The minimum Gasteiger partial charge on any atom is -0.341 e. The number of rotatable bonds is 12. The van der Waals surface area contributed by atoms with E-state index in [9.17, 15) is 13.2 Å². The number of nitrogens with one attached hydrogen (secondary N) is 2. The van der Waals surface area contributed by atoms with E-state index in [0.29, 0.717) is 36.0 Å². The number of aromatic nitrogens is 1. The van der Waals surface area contributed by atoms with E-state index >= 15 is 0 Å². The number of hydrogen-bond donors (Lipinski definition) is 3. The summed E-state index contributed by atoms with van der Waals surface area (Å²) in [4.78, 5) is 19.8. The molecule has 1 saturated heterocycles. The van der Waals surface area contributed by atoms with Crippen molar-refractivity contribution in [2.45, 2.75) is 67.7 Å². The fourth-order valence-corrected chi connectivity index (χ4v) is 7.04. The van der Waals surface area contributed by atoms with E-state index in [1.165, 1.54) is 11.1 Å². The topological polar surface area (TPSA) is 117 Å². The van der Waals surface area contributed by atoms with Crippen LogP contribution in [0.25, 0.3) is 0 Å². The Morgan fingerprint density at radius 2 is 1.50 bits per heavy atom. The summed E-state index contributed by atoms with van der Waals surface area (Å²) in [7, 11) is -3.61. The first-order chi connectivity index (χ1) is 21.3. The Kier molecular flexibility index (Phi) is 10.6. The lowest BCUT2D eigenvalue weighted by molar-refractivity contribution is -0.133. The molecule has 5 rings (SSSR count). The smallest absolute Gasteiger partial charge is 0.239 e. The Balaban J connectivity index is 1.03. The number of benzene rings is 3. The van der Waals surface area contributed by atoms with Crippen LogP contribution in [-0.4, -0.2) is 49.4 Å². The van der Waals surface area contributed by atoms with Gasteiger partial charge in [0, 0.05) is 45.0 Å². The lowest BCUT2D eigenvalue weighted by Crippen LogP contribution is -2.50. The molecule has 44 heavy (non-hydrogen) atoms. The maximum Gasteiger partial charge on any atom is 0.239 e. The van der Waals surface area contributed by atoms with E-state index in [1.54, 1.807) is 49.4 Å². The van der Waals surface area contributed by atoms with Crippen LogP contribution in [0.5, 0.6) is 0 Å². The number of hydrogen-bond acceptors (Lipinski definition) is 7. The van der Waals surface area contributed by atoms with Gasteiger partial charge in [-0.1, -0.05) is 60.7 Å². The van der Waals surface area contributed by atoms with Crippen LogP contribution in [-0.2, 0) is 40.7 Å². The summed E-state index contributed by atoms with van der Waals surface area (Å²) in [6.07, 6.45) is 3.91. The molecule has 4 aromatic rings. The average molecular weight is 612 g/mol. The van der Waals surface area contributed by atoms with Crippen molar-refractivity contribution in [1.29, 1.82) is 0 Å². The van der Waals surface area contributed by atoms with Crippen LogP contribution in [0.15, 0.2) is 107 Å². The second kappa shape index (κ2) is 14.7. The molecular formula is C35H41N5O3S. The largest absolute Gasteiger partial charge is 0.341 e. The van der Waals surface area contributed by atoms with Crippen LogP contribution >= 0.6 is 0 Å². The zero-order chi connectivity index (χ0) is 30.9. The first kappa shape index (κ1) is 31.5. The number of carbonyl (C=O) groups excluding carboxylic acids is 1. The van der Waals surface area contributed by atoms with Crippen molar-refractivity contribution in [3.05, 3.63) is 125 Å². The highest BCUT2D eigenvalue weighted by Gasteiger charge is 2.26. The number of pyridine rings is 1. The van der Waals surface area contributed by atoms with Crippen molar-refractivity contribution in [2.75, 3.05) is 13.1 Å². The molecule has 0 spiro atoms. The third-order valence-electron chi connectivity index (χ3n) is 8.18. The summed E-state index contributed by atoms with van der Waals surface area (Å²) >= 11 is 0. The highest BCUT2D eigenvalue weighted by atomic mass is 32.2. The van der Waals surface area contributed by atoms with E-state index < -0.39 is 15.9 Å². The molecule has 0 radical (unpaired) electrons. The maximum absolute atomic E-state index is 13.1. The van der Waals surface area contributed by atoms with Crippen LogP contribution in [0.2, 0.25) is 0 Å². The number of nitrogens with zero attached hydrogens (tertiary/aromatic N) is 2. The van der Waals surface area contributed by atoms with Gasteiger partial charge in [-0.05, 0) is 78.8 Å². The molecule has 2 heterocycles. The molecule has 3 aromatic carbocycles. The fourth-order valence-electron chi connectivity index (χ4n) is 5.54. The highest BCUT2D eigenvalue weighted by molar-refractivity contribution is 7.91. The van der Waals surface area contributed by atoms with Gasteiger partial charge in [-0.25, -0.2) is 8.42 Å². The molecule has 1 aliphatic rings. The first-order valence-electron chi connectivity index (χ1n) is 15.2. The monoisotopic (exact) mass is 611 g/mol. The van der Waals surface area contributed by atoms with Crippen molar-refractivity contribution in [3.63, 3.8) is 0 Å². The van der Waals surface area contributed by atoms with Gasteiger partial charge in [-0.2, -0.15) is 0 Å². The zero-order valence-corrected chi connectivity index (χ0v) is 26.0. The van der Waals surface area contributed by atoms with Gasteiger partial charge in [0.25, 0.3) is 0 Å². The van der Waals surface area contributed by atoms with Gasteiger partial charge in [0.2, 0.25) is 15.7 Å². The first-order valence-corrected chi connectivity index (χ1v) is 16.6. The van der Waals surface area contributed by atoms with Crippen LogP contribution in [0.1, 0.15) is 40.8 Å². The molecule has 1 unspecified atom stereocenters. The standard InChI is InChI=1S/C35H41N5O3S/c1-26-6-2-3-8-34(26)44(42,43)32-15-13-27(14-16-32)22-33(36)35(41)40-20-17-30(18-21-40)39-24-29-11-9-28(10-12-29)23-37-25-31-7-4-5-19-38-31/h2-16,19,30,33,37,39H,17-18,20-25,36H2,1H3. The number of amides is 1. The summed E-state index contributed by atoms with van der Waals surface area (Å²) in [6, 6.07) is 27.9. The highest BCUT2D eigenvalue weighted by Crippen LogP contribution is 2.24. The average Bonchev–Trinajstić information content (AvgIpc) is 3.05. The van der Waals surface area contributed by atoms with Crippen LogP contribution in [0, 0.1) is 6.92 Å². The molecule has 1 atom stereocenters. The van der Waals surface area contributed by atoms with Crippen LogP contribution in [0.3, 0.4) is 0 Å². The van der Waals surface area contributed by atoms with Gasteiger partial charge < -0.3 is 21.3 Å². The van der Waals surface area contributed by atoms with Crippen molar-refractivity contribution in [1.82, 2.24) is 20.5 Å². The van der Waals surface area contributed by atoms with Gasteiger partial charge in [0.1, 0.15) is 0 Å². The number of aryl methyl sites for hydroxylation is 1. The molecule has 4 N–H and O–H groups in total. The van der Waals surface area contributed by atoms with E-state index in [0.717, 1.165) is 43.7 Å². The number of nitrogens with two attached hydrogens (primary N) is 1. The molecule has 1 fully saturated rings. The molecule has 1 amide bonds. The van der Waals surface area contributed by atoms with Crippen molar-refractivity contribution >= 4 is 15.7 Å². The Morgan fingerprint density at radius 3 is 2.16 bits per heavy atom. The Labute approximate surface area is 260 Å².